The van der Waals surface area contributed by atoms with Crippen LogP contribution < -0.4 is 0 Å². The summed E-state index contributed by atoms with van der Waals surface area (Å²) in [5, 5.41) is 0. The molecule has 2 nitrogen and oxygen atoms in total. The molecular formula is C16H28O2. The van der Waals surface area contributed by atoms with E-state index in [-0.39, 0.29) is 5.97 Å². The Morgan fingerprint density at radius 3 is 1.83 bits per heavy atom. The van der Waals surface area contributed by atoms with Gasteiger partial charge in [-0.05, 0) is 19.3 Å². The summed E-state index contributed by atoms with van der Waals surface area (Å²) in [6.45, 7) is 7.08. The zero-order valence-corrected chi connectivity index (χ0v) is 11.7. The Bertz CT molecular complexity index is 221. The van der Waals surface area contributed by atoms with E-state index in [4.69, 9.17) is 0 Å². The van der Waals surface area contributed by atoms with Gasteiger partial charge in [0.15, 0.2) is 0 Å². The number of hydrogen-bond acceptors (Lipinski definition) is 2. The van der Waals surface area contributed by atoms with Crippen LogP contribution in [-0.2, 0) is 9.53 Å². The Morgan fingerprint density at radius 2 is 1.33 bits per heavy atom. The van der Waals surface area contributed by atoms with E-state index in [0.717, 1.165) is 19.3 Å². The Labute approximate surface area is 112 Å². The fraction of sp³-hybridized carbons (Fsp3) is 0.688. The van der Waals surface area contributed by atoms with E-state index in [1.807, 2.05) is 6.08 Å². The zero-order valence-electron chi connectivity index (χ0n) is 11.7. The normalized spacial score (nSPS) is 10.0. The molecule has 0 aromatic carbocycles. The first-order valence-corrected chi connectivity index (χ1v) is 7.22. The quantitative estimate of drug-likeness (QED) is 0.196. The number of rotatable bonds is 13. The highest BCUT2D eigenvalue weighted by Crippen LogP contribution is 2.11. The van der Waals surface area contributed by atoms with Gasteiger partial charge in [-0.15, -0.1) is 6.58 Å². The van der Waals surface area contributed by atoms with Crippen molar-refractivity contribution in [3.05, 3.63) is 25.5 Å². The summed E-state index contributed by atoms with van der Waals surface area (Å²) in [5.41, 5.74) is 0. The highest BCUT2D eigenvalue weighted by Gasteiger charge is 1.99. The summed E-state index contributed by atoms with van der Waals surface area (Å²) in [6.07, 6.45) is 16.1. The Morgan fingerprint density at radius 1 is 0.833 bits per heavy atom. The van der Waals surface area contributed by atoms with E-state index in [0.29, 0.717) is 6.42 Å². The molecule has 0 aliphatic rings. The lowest BCUT2D eigenvalue weighted by atomic mass is 10.1. The third kappa shape index (κ3) is 13.0. The number of esters is 1. The largest absolute Gasteiger partial charge is 0.435 e. The second-order valence-electron chi connectivity index (χ2n) is 4.67. The fourth-order valence-electron chi connectivity index (χ4n) is 1.95. The summed E-state index contributed by atoms with van der Waals surface area (Å²) in [4.78, 5) is 11.0. The van der Waals surface area contributed by atoms with Crippen LogP contribution in [0.25, 0.3) is 0 Å². The highest BCUT2D eigenvalue weighted by molar-refractivity contribution is 5.69. The number of hydrogen-bond donors (Lipinski definition) is 0. The maximum absolute atomic E-state index is 11.0. The molecule has 0 unspecified atom stereocenters. The van der Waals surface area contributed by atoms with Crippen molar-refractivity contribution in [3.8, 4) is 0 Å². The molecule has 0 saturated heterocycles. The minimum absolute atomic E-state index is 0.160. The Hall–Kier alpha value is -1.05. The van der Waals surface area contributed by atoms with E-state index in [9.17, 15) is 4.79 Å². The smallest absolute Gasteiger partial charge is 0.310 e. The highest BCUT2D eigenvalue weighted by atomic mass is 16.5. The van der Waals surface area contributed by atoms with Crippen molar-refractivity contribution in [1.82, 2.24) is 0 Å². The minimum atomic E-state index is -0.160. The van der Waals surface area contributed by atoms with E-state index < -0.39 is 0 Å². The van der Waals surface area contributed by atoms with Gasteiger partial charge >= 0.3 is 5.97 Å². The molecule has 0 saturated carbocycles. The number of unbranched alkanes of at least 4 members (excludes halogenated alkanes) is 9. The standard InChI is InChI=1S/C16H28O2/c1-3-5-6-7-8-9-10-11-12-13-14-15-16(17)18-4-2/h3-4H,1-2,5-15H2. The van der Waals surface area contributed by atoms with Gasteiger partial charge in [-0.25, -0.2) is 0 Å². The van der Waals surface area contributed by atoms with Crippen LogP contribution in [0.1, 0.15) is 70.6 Å². The van der Waals surface area contributed by atoms with Crippen LogP contribution in [0.4, 0.5) is 0 Å². The van der Waals surface area contributed by atoms with E-state index in [2.05, 4.69) is 17.9 Å². The lowest BCUT2D eigenvalue weighted by molar-refractivity contribution is -0.138. The zero-order chi connectivity index (χ0) is 13.5. The summed E-state index contributed by atoms with van der Waals surface area (Å²) in [7, 11) is 0. The maximum atomic E-state index is 11.0. The van der Waals surface area contributed by atoms with Crippen molar-refractivity contribution in [1.29, 1.82) is 0 Å². The molecule has 0 aliphatic carbocycles. The number of allylic oxidation sites excluding steroid dienone is 1. The third-order valence-corrected chi connectivity index (χ3v) is 3.00. The number of ether oxygens (including phenoxy) is 1. The van der Waals surface area contributed by atoms with Crippen molar-refractivity contribution in [2.75, 3.05) is 0 Å². The van der Waals surface area contributed by atoms with E-state index >= 15 is 0 Å². The van der Waals surface area contributed by atoms with Gasteiger partial charge in [0.05, 0.1) is 6.26 Å². The molecule has 0 bridgehead atoms. The van der Waals surface area contributed by atoms with Crippen LogP contribution in [0.15, 0.2) is 25.5 Å². The van der Waals surface area contributed by atoms with Gasteiger partial charge in [-0.1, -0.05) is 57.6 Å². The molecule has 0 aromatic rings. The molecule has 18 heavy (non-hydrogen) atoms. The molecular weight excluding hydrogens is 224 g/mol. The van der Waals surface area contributed by atoms with Crippen LogP contribution in [0.5, 0.6) is 0 Å². The van der Waals surface area contributed by atoms with Crippen molar-refractivity contribution in [3.63, 3.8) is 0 Å². The van der Waals surface area contributed by atoms with Gasteiger partial charge in [-0.2, -0.15) is 0 Å². The number of carbonyl (C=O) groups excluding carboxylic acids is 1. The van der Waals surface area contributed by atoms with E-state index in [1.165, 1.54) is 51.2 Å². The summed E-state index contributed by atoms with van der Waals surface area (Å²) >= 11 is 0. The molecule has 0 heterocycles. The molecule has 0 aliphatic heterocycles. The minimum Gasteiger partial charge on any atom is -0.435 e. The van der Waals surface area contributed by atoms with E-state index in [1.54, 1.807) is 0 Å². The molecule has 0 radical (unpaired) electrons. The predicted molar refractivity (Wildman–Crippen MR) is 77.3 cm³/mol. The molecule has 0 spiro atoms. The molecule has 0 N–H and O–H groups in total. The molecule has 104 valence electrons. The van der Waals surface area contributed by atoms with Gasteiger partial charge in [0.1, 0.15) is 0 Å². The molecule has 0 aromatic heterocycles. The number of carbonyl (C=O) groups is 1. The Balaban J connectivity index is 3.05. The predicted octanol–water partition coefficient (Wildman–Crippen LogP) is 5.15. The van der Waals surface area contributed by atoms with Crippen LogP contribution in [0, 0.1) is 0 Å². The molecule has 0 fully saturated rings. The average molecular weight is 252 g/mol. The molecule has 0 amide bonds. The van der Waals surface area contributed by atoms with Gasteiger partial charge in [0, 0.05) is 6.42 Å². The van der Waals surface area contributed by atoms with Crippen molar-refractivity contribution >= 4 is 5.97 Å². The first-order chi connectivity index (χ1) is 8.81. The third-order valence-electron chi connectivity index (χ3n) is 3.00. The van der Waals surface area contributed by atoms with Gasteiger partial charge in [0.25, 0.3) is 0 Å². The average Bonchev–Trinajstić information content (AvgIpc) is 2.36. The summed E-state index contributed by atoms with van der Waals surface area (Å²) < 4.78 is 4.65. The van der Waals surface area contributed by atoms with Crippen molar-refractivity contribution < 1.29 is 9.53 Å². The SMILES string of the molecule is C=CCCCCCCCCCCCC(=O)OC=C. The monoisotopic (exact) mass is 252 g/mol. The van der Waals surface area contributed by atoms with Crippen LogP contribution >= 0.6 is 0 Å². The Kier molecular flexibility index (Phi) is 13.2. The molecule has 0 rings (SSSR count). The lowest BCUT2D eigenvalue weighted by Crippen LogP contribution is -1.98. The van der Waals surface area contributed by atoms with Gasteiger partial charge in [0.2, 0.25) is 0 Å². The second-order valence-corrected chi connectivity index (χ2v) is 4.67. The summed E-state index contributed by atoms with van der Waals surface area (Å²) in [6, 6.07) is 0. The first kappa shape index (κ1) is 16.9. The fourth-order valence-corrected chi connectivity index (χ4v) is 1.95. The first-order valence-electron chi connectivity index (χ1n) is 7.22. The van der Waals surface area contributed by atoms with Gasteiger partial charge < -0.3 is 4.74 Å². The van der Waals surface area contributed by atoms with Crippen LogP contribution in [-0.4, -0.2) is 5.97 Å². The van der Waals surface area contributed by atoms with Crippen LogP contribution in [0.3, 0.4) is 0 Å². The summed E-state index contributed by atoms with van der Waals surface area (Å²) in [5.74, 6) is -0.160. The van der Waals surface area contributed by atoms with Gasteiger partial charge in [-0.3, -0.25) is 4.79 Å². The lowest BCUT2D eigenvalue weighted by Gasteiger charge is -2.02. The molecule has 0 atom stereocenters. The topological polar surface area (TPSA) is 26.3 Å². The van der Waals surface area contributed by atoms with Crippen LogP contribution in [0.2, 0.25) is 0 Å². The second kappa shape index (κ2) is 14.0. The molecule has 2 heteroatoms. The maximum Gasteiger partial charge on any atom is 0.310 e. The van der Waals surface area contributed by atoms with Crippen molar-refractivity contribution in [2.45, 2.75) is 70.6 Å². The van der Waals surface area contributed by atoms with Crippen molar-refractivity contribution in [2.24, 2.45) is 0 Å².